The van der Waals surface area contributed by atoms with Gasteiger partial charge in [0, 0.05) is 25.1 Å². The van der Waals surface area contributed by atoms with E-state index in [1.165, 1.54) is 17.0 Å². The van der Waals surface area contributed by atoms with Gasteiger partial charge in [-0.15, -0.1) is 0 Å². The molecule has 1 amide bonds. The van der Waals surface area contributed by atoms with Crippen molar-refractivity contribution < 1.29 is 19.6 Å². The van der Waals surface area contributed by atoms with Gasteiger partial charge in [-0.05, 0) is 30.7 Å². The van der Waals surface area contributed by atoms with Gasteiger partial charge >= 0.3 is 5.97 Å². The van der Waals surface area contributed by atoms with Crippen LogP contribution >= 0.6 is 0 Å². The van der Waals surface area contributed by atoms with Crippen molar-refractivity contribution in [2.75, 3.05) is 6.54 Å². The van der Waals surface area contributed by atoms with E-state index in [1.54, 1.807) is 12.1 Å². The number of hydrogen-bond donors (Lipinski definition) is 1. The van der Waals surface area contributed by atoms with Gasteiger partial charge in [-0.3, -0.25) is 14.9 Å². The number of hydrogen-bond acceptors (Lipinski definition) is 4. The Balaban J connectivity index is 1.99. The van der Waals surface area contributed by atoms with E-state index in [-0.39, 0.29) is 23.9 Å². The molecule has 1 N–H and O–H groups in total. The number of nitro benzene ring substituents is 1. The maximum Gasteiger partial charge on any atom is 0.326 e. The fourth-order valence-electron chi connectivity index (χ4n) is 2.89. The highest BCUT2D eigenvalue weighted by atomic mass is 16.6. The van der Waals surface area contributed by atoms with Crippen LogP contribution < -0.4 is 0 Å². The van der Waals surface area contributed by atoms with E-state index >= 15 is 0 Å². The molecule has 0 aromatic heterocycles. The highest BCUT2D eigenvalue weighted by Gasteiger charge is 2.34. The summed E-state index contributed by atoms with van der Waals surface area (Å²) in [5.41, 5.74) is 0.690. The quantitative estimate of drug-likeness (QED) is 0.662. The number of carboxylic acid groups (broad SMARTS) is 1. The van der Waals surface area contributed by atoms with Gasteiger partial charge < -0.3 is 10.0 Å². The average molecular weight is 320 g/mol. The summed E-state index contributed by atoms with van der Waals surface area (Å²) in [5.74, 6) is -0.895. The highest BCUT2D eigenvalue weighted by molar-refractivity contribution is 5.84. The van der Waals surface area contributed by atoms with Gasteiger partial charge in [0.25, 0.3) is 5.69 Å². The van der Waals surface area contributed by atoms with Crippen LogP contribution in [0.3, 0.4) is 0 Å². The molecule has 1 saturated heterocycles. The lowest BCUT2D eigenvalue weighted by Gasteiger charge is -2.36. The third-order valence-corrected chi connectivity index (χ3v) is 4.22. The first-order valence-electron chi connectivity index (χ1n) is 7.64. The van der Waals surface area contributed by atoms with Gasteiger partial charge in [0.1, 0.15) is 6.04 Å². The predicted octanol–water partition coefficient (Wildman–Crippen LogP) is 2.24. The molecule has 7 nitrogen and oxygen atoms in total. The number of non-ortho nitro benzene ring substituents is 1. The molecule has 1 fully saturated rings. The molecule has 1 aromatic carbocycles. The molecule has 0 radical (unpaired) electrons. The molecule has 1 aromatic rings. The van der Waals surface area contributed by atoms with Crippen LogP contribution in [0.5, 0.6) is 0 Å². The monoisotopic (exact) mass is 320 g/mol. The van der Waals surface area contributed by atoms with Crippen molar-refractivity contribution in [1.29, 1.82) is 0 Å². The third kappa shape index (κ3) is 4.28. The summed E-state index contributed by atoms with van der Waals surface area (Å²) >= 11 is 0. The molecule has 0 bridgehead atoms. The first-order chi connectivity index (χ1) is 10.9. The topological polar surface area (TPSA) is 101 Å². The van der Waals surface area contributed by atoms with Crippen LogP contribution in [0.25, 0.3) is 0 Å². The zero-order chi connectivity index (χ0) is 17.0. The van der Waals surface area contributed by atoms with Crippen molar-refractivity contribution in [3.8, 4) is 0 Å². The molecule has 2 rings (SSSR count). The van der Waals surface area contributed by atoms with Crippen LogP contribution in [0.15, 0.2) is 24.3 Å². The number of aliphatic carboxylic acids is 1. The van der Waals surface area contributed by atoms with E-state index in [0.717, 1.165) is 6.42 Å². The zero-order valence-corrected chi connectivity index (χ0v) is 13.0. The summed E-state index contributed by atoms with van der Waals surface area (Å²) in [7, 11) is 0. The molecule has 0 aliphatic carbocycles. The van der Waals surface area contributed by atoms with Gasteiger partial charge in [0.2, 0.25) is 5.91 Å². The lowest BCUT2D eigenvalue weighted by Crippen LogP contribution is -2.49. The molecule has 0 spiro atoms. The van der Waals surface area contributed by atoms with Gasteiger partial charge in [0.15, 0.2) is 0 Å². The van der Waals surface area contributed by atoms with Gasteiger partial charge in [-0.2, -0.15) is 0 Å². The smallest absolute Gasteiger partial charge is 0.326 e. The second-order valence-electron chi connectivity index (χ2n) is 6.00. The zero-order valence-electron chi connectivity index (χ0n) is 13.0. The lowest BCUT2D eigenvalue weighted by atomic mass is 9.92. The van der Waals surface area contributed by atoms with Crippen molar-refractivity contribution in [1.82, 2.24) is 4.90 Å². The minimum atomic E-state index is -0.972. The highest BCUT2D eigenvalue weighted by Crippen LogP contribution is 2.24. The number of piperidine rings is 1. The second kappa shape index (κ2) is 7.21. The third-order valence-electron chi connectivity index (χ3n) is 4.22. The molecule has 23 heavy (non-hydrogen) atoms. The Kier molecular flexibility index (Phi) is 5.31. The Labute approximate surface area is 134 Å². The average Bonchev–Trinajstić information content (AvgIpc) is 2.52. The molecular weight excluding hydrogens is 300 g/mol. The summed E-state index contributed by atoms with van der Waals surface area (Å²) in [6.07, 6.45) is 1.78. The molecular formula is C16H20N2O5. The van der Waals surface area contributed by atoms with Crippen LogP contribution in [-0.4, -0.2) is 39.4 Å². The first-order valence-corrected chi connectivity index (χ1v) is 7.64. The second-order valence-corrected chi connectivity index (χ2v) is 6.00. The molecule has 7 heteroatoms. The Morgan fingerprint density at radius 3 is 2.83 bits per heavy atom. The largest absolute Gasteiger partial charge is 0.480 e. The number of rotatable bonds is 5. The Morgan fingerprint density at radius 2 is 2.17 bits per heavy atom. The van der Waals surface area contributed by atoms with Gasteiger partial charge in [-0.1, -0.05) is 19.1 Å². The van der Waals surface area contributed by atoms with Crippen LogP contribution in [0.1, 0.15) is 31.7 Å². The maximum atomic E-state index is 12.3. The number of amides is 1. The van der Waals surface area contributed by atoms with E-state index in [1.807, 2.05) is 6.92 Å². The Bertz CT molecular complexity index is 616. The number of carboxylic acids is 1. The van der Waals surface area contributed by atoms with Crippen LogP contribution in [-0.2, 0) is 16.0 Å². The first kappa shape index (κ1) is 16.9. The standard InChI is InChI=1S/C16H20N2O5/c1-11-7-8-17(14(9-11)16(20)21)15(19)6-5-12-3-2-4-13(10-12)18(22)23/h2-4,10-11,14H,5-9H2,1H3,(H,20,21). The summed E-state index contributed by atoms with van der Waals surface area (Å²) in [6.45, 7) is 2.44. The molecule has 1 heterocycles. The molecule has 124 valence electrons. The predicted molar refractivity (Wildman–Crippen MR) is 83.0 cm³/mol. The van der Waals surface area contributed by atoms with Crippen molar-refractivity contribution in [2.24, 2.45) is 5.92 Å². The fraction of sp³-hybridized carbons (Fsp3) is 0.500. The van der Waals surface area contributed by atoms with Crippen LogP contribution in [0, 0.1) is 16.0 Å². The molecule has 1 aliphatic heterocycles. The van der Waals surface area contributed by atoms with Crippen molar-refractivity contribution in [3.63, 3.8) is 0 Å². The SMILES string of the molecule is CC1CCN(C(=O)CCc2cccc([N+](=O)[O-])c2)C(C(=O)O)C1. The number of nitrogens with zero attached hydrogens (tertiary/aromatic N) is 2. The number of benzene rings is 1. The summed E-state index contributed by atoms with van der Waals surface area (Å²) in [5, 5.41) is 20.0. The van der Waals surface area contributed by atoms with Crippen molar-refractivity contribution in [3.05, 3.63) is 39.9 Å². The lowest BCUT2D eigenvalue weighted by molar-refractivity contribution is -0.384. The number of carbonyl (C=O) groups is 2. The normalized spacial score (nSPS) is 21.0. The Morgan fingerprint density at radius 1 is 1.43 bits per heavy atom. The van der Waals surface area contributed by atoms with Gasteiger partial charge in [-0.25, -0.2) is 4.79 Å². The molecule has 2 unspecified atom stereocenters. The molecule has 0 saturated carbocycles. The van der Waals surface area contributed by atoms with Crippen LogP contribution in [0.4, 0.5) is 5.69 Å². The summed E-state index contributed by atoms with van der Waals surface area (Å²) < 4.78 is 0. The minimum Gasteiger partial charge on any atom is -0.480 e. The number of carbonyl (C=O) groups excluding carboxylic acids is 1. The fourth-order valence-corrected chi connectivity index (χ4v) is 2.89. The van der Waals surface area contributed by atoms with E-state index in [4.69, 9.17) is 0 Å². The van der Waals surface area contributed by atoms with E-state index in [9.17, 15) is 24.8 Å². The number of aryl methyl sites for hydroxylation is 1. The van der Waals surface area contributed by atoms with Crippen molar-refractivity contribution >= 4 is 17.6 Å². The number of nitro groups is 1. The summed E-state index contributed by atoms with van der Waals surface area (Å²) in [4.78, 5) is 35.4. The Hall–Kier alpha value is -2.44. The van der Waals surface area contributed by atoms with Gasteiger partial charge in [0.05, 0.1) is 4.92 Å². The maximum absolute atomic E-state index is 12.3. The van der Waals surface area contributed by atoms with E-state index in [2.05, 4.69) is 0 Å². The van der Waals surface area contributed by atoms with Crippen molar-refractivity contribution in [2.45, 2.75) is 38.6 Å². The van der Waals surface area contributed by atoms with Crippen LogP contribution in [0.2, 0.25) is 0 Å². The minimum absolute atomic E-state index is 0.00911. The molecule has 1 aliphatic rings. The number of likely N-dealkylation sites (tertiary alicyclic amines) is 1. The van der Waals surface area contributed by atoms with E-state index in [0.29, 0.717) is 24.9 Å². The van der Waals surface area contributed by atoms with E-state index < -0.39 is 16.9 Å². The summed E-state index contributed by atoms with van der Waals surface area (Å²) in [6, 6.07) is 5.39. The molecule has 2 atom stereocenters.